The molecule has 0 spiro atoms. The summed E-state index contributed by atoms with van der Waals surface area (Å²) in [5.41, 5.74) is 4.06. The fourth-order valence-electron chi connectivity index (χ4n) is 0.934. The molecule has 1 N–H and O–H groups in total. The molecule has 0 saturated heterocycles. The second-order valence-electron chi connectivity index (χ2n) is 4.34. The Labute approximate surface area is 96.5 Å². The molecule has 0 unspecified atom stereocenters. The lowest BCUT2D eigenvalue weighted by atomic mass is 10.2. The van der Waals surface area contributed by atoms with Gasteiger partial charge in [0.1, 0.15) is 8.07 Å². The lowest BCUT2D eigenvalue weighted by Crippen LogP contribution is -2.16. The highest BCUT2D eigenvalue weighted by Gasteiger charge is 2.07. The molecule has 0 aliphatic heterocycles. The van der Waals surface area contributed by atoms with Crippen LogP contribution in [0.4, 0.5) is 0 Å². The van der Waals surface area contributed by atoms with E-state index < -0.39 is 8.07 Å². The number of rotatable bonds is 2. The average molecular weight is 236 g/mol. The molecule has 0 aliphatic carbocycles. The molecule has 15 heavy (non-hydrogen) atoms. The molecular formula is C12H16OSSi. The zero-order valence-corrected chi connectivity index (χ0v) is 11.2. The molecule has 0 radical (unpaired) electrons. The van der Waals surface area contributed by atoms with E-state index in [1.54, 1.807) is 11.3 Å². The van der Waals surface area contributed by atoms with Crippen molar-refractivity contribution in [1.82, 2.24) is 0 Å². The van der Waals surface area contributed by atoms with Crippen LogP contribution in [0.5, 0.6) is 0 Å². The first kappa shape index (κ1) is 12.2. The third-order valence-electron chi connectivity index (χ3n) is 1.63. The summed E-state index contributed by atoms with van der Waals surface area (Å²) in [5, 5.41) is 11.2. The first-order valence-corrected chi connectivity index (χ1v) is 9.27. The quantitative estimate of drug-likeness (QED) is 0.618. The van der Waals surface area contributed by atoms with E-state index in [-0.39, 0.29) is 6.61 Å². The molecule has 0 amide bonds. The second-order valence-corrected chi connectivity index (χ2v) is 10.1. The molecule has 0 aromatic carbocycles. The summed E-state index contributed by atoms with van der Waals surface area (Å²) in [4.78, 5) is 1.14. The molecule has 1 nitrogen and oxygen atoms in total. The largest absolute Gasteiger partial charge is 0.391 e. The van der Waals surface area contributed by atoms with Crippen molar-refractivity contribution in [2.24, 2.45) is 0 Å². The van der Waals surface area contributed by atoms with Crippen LogP contribution in [0.15, 0.2) is 23.1 Å². The predicted octanol–water partition coefficient (Wildman–Crippen LogP) is 3.00. The number of hydrogen-bond donors (Lipinski definition) is 1. The fourth-order valence-corrected chi connectivity index (χ4v) is 2.15. The summed E-state index contributed by atoms with van der Waals surface area (Å²) in [6.07, 6.45) is 1.96. The van der Waals surface area contributed by atoms with Crippen LogP contribution in [0.3, 0.4) is 0 Å². The number of aliphatic hydroxyl groups excluding tert-OH is 1. The second kappa shape index (κ2) is 5.31. The maximum absolute atomic E-state index is 9.17. The molecule has 0 saturated carbocycles. The smallest absolute Gasteiger partial charge is 0.129 e. The van der Waals surface area contributed by atoms with Gasteiger partial charge in [0.15, 0.2) is 0 Å². The van der Waals surface area contributed by atoms with Gasteiger partial charge in [0.25, 0.3) is 0 Å². The Morgan fingerprint density at radius 3 is 2.73 bits per heavy atom. The lowest BCUT2D eigenvalue weighted by Gasteiger charge is -2.03. The van der Waals surface area contributed by atoms with Gasteiger partial charge in [-0.05, 0) is 17.5 Å². The van der Waals surface area contributed by atoms with E-state index in [2.05, 4.69) is 31.1 Å². The molecular weight excluding hydrogens is 220 g/mol. The SMILES string of the molecule is C[Si](C)(C)C#C/C(=C/c1cccs1)CO. The van der Waals surface area contributed by atoms with Crippen LogP contribution in [0.1, 0.15) is 4.88 Å². The van der Waals surface area contributed by atoms with Crippen molar-refractivity contribution >= 4 is 25.5 Å². The lowest BCUT2D eigenvalue weighted by molar-refractivity contribution is 0.337. The van der Waals surface area contributed by atoms with Crippen LogP contribution in [0, 0.1) is 11.5 Å². The van der Waals surface area contributed by atoms with E-state index in [0.717, 1.165) is 10.5 Å². The van der Waals surface area contributed by atoms with Crippen LogP contribution >= 0.6 is 11.3 Å². The van der Waals surface area contributed by atoms with Crippen molar-refractivity contribution in [3.05, 3.63) is 28.0 Å². The van der Waals surface area contributed by atoms with E-state index in [1.807, 2.05) is 23.6 Å². The van der Waals surface area contributed by atoms with Crippen LogP contribution in [0.2, 0.25) is 19.6 Å². The molecule has 1 rings (SSSR count). The number of hydrogen-bond acceptors (Lipinski definition) is 2. The summed E-state index contributed by atoms with van der Waals surface area (Å²) >= 11 is 1.66. The van der Waals surface area contributed by atoms with Gasteiger partial charge in [-0.3, -0.25) is 0 Å². The Morgan fingerprint density at radius 2 is 2.27 bits per heavy atom. The summed E-state index contributed by atoms with van der Waals surface area (Å²) in [5.74, 6) is 3.08. The number of aliphatic hydroxyl groups is 1. The summed E-state index contributed by atoms with van der Waals surface area (Å²) in [7, 11) is -1.35. The summed E-state index contributed by atoms with van der Waals surface area (Å²) < 4.78 is 0. The van der Waals surface area contributed by atoms with Gasteiger partial charge in [-0.15, -0.1) is 16.9 Å². The van der Waals surface area contributed by atoms with Gasteiger partial charge in [-0.1, -0.05) is 31.6 Å². The Hall–Kier alpha value is -0.823. The van der Waals surface area contributed by atoms with E-state index in [0.29, 0.717) is 0 Å². The molecule has 1 aromatic heterocycles. The van der Waals surface area contributed by atoms with Crippen LogP contribution in [0.25, 0.3) is 6.08 Å². The molecule has 3 heteroatoms. The zero-order valence-electron chi connectivity index (χ0n) is 9.37. The minimum atomic E-state index is -1.35. The predicted molar refractivity (Wildman–Crippen MR) is 70.5 cm³/mol. The van der Waals surface area contributed by atoms with Crippen LogP contribution in [-0.2, 0) is 0 Å². The third-order valence-corrected chi connectivity index (χ3v) is 3.32. The van der Waals surface area contributed by atoms with E-state index in [9.17, 15) is 5.11 Å². The highest BCUT2D eigenvalue weighted by Crippen LogP contribution is 2.13. The number of thiophene rings is 1. The molecule has 1 heterocycles. The molecule has 0 atom stereocenters. The molecule has 0 aliphatic rings. The van der Waals surface area contributed by atoms with E-state index in [1.165, 1.54) is 0 Å². The first-order valence-electron chi connectivity index (χ1n) is 4.89. The van der Waals surface area contributed by atoms with Gasteiger partial charge in [-0.2, -0.15) is 0 Å². The van der Waals surface area contributed by atoms with Gasteiger partial charge in [0.2, 0.25) is 0 Å². The third kappa shape index (κ3) is 4.98. The van der Waals surface area contributed by atoms with Gasteiger partial charge >= 0.3 is 0 Å². The summed E-state index contributed by atoms with van der Waals surface area (Å²) in [6, 6.07) is 4.02. The maximum Gasteiger partial charge on any atom is 0.129 e. The highest BCUT2D eigenvalue weighted by atomic mass is 32.1. The topological polar surface area (TPSA) is 20.2 Å². The van der Waals surface area contributed by atoms with Crippen molar-refractivity contribution in [3.8, 4) is 11.5 Å². The minimum absolute atomic E-state index is 0.0232. The average Bonchev–Trinajstić information content (AvgIpc) is 2.63. The normalized spacial score (nSPS) is 12.1. The van der Waals surface area contributed by atoms with Crippen molar-refractivity contribution in [2.75, 3.05) is 6.61 Å². The van der Waals surface area contributed by atoms with Crippen LogP contribution < -0.4 is 0 Å². The Morgan fingerprint density at radius 1 is 1.53 bits per heavy atom. The highest BCUT2D eigenvalue weighted by molar-refractivity contribution is 7.10. The van der Waals surface area contributed by atoms with Crippen molar-refractivity contribution in [2.45, 2.75) is 19.6 Å². The first-order chi connectivity index (χ1) is 7.01. The van der Waals surface area contributed by atoms with Gasteiger partial charge in [0.05, 0.1) is 6.61 Å². The van der Waals surface area contributed by atoms with Gasteiger partial charge in [-0.25, -0.2) is 0 Å². The molecule has 1 aromatic rings. The standard InChI is InChI=1S/C12H16OSSi/c1-15(2,3)8-6-11(10-13)9-12-5-4-7-14-12/h4-5,7,9,13H,10H2,1-3H3/b11-9-. The molecule has 80 valence electrons. The minimum Gasteiger partial charge on any atom is -0.391 e. The van der Waals surface area contributed by atoms with E-state index in [4.69, 9.17) is 0 Å². The Kier molecular flexibility index (Phi) is 4.34. The van der Waals surface area contributed by atoms with Crippen LogP contribution in [-0.4, -0.2) is 19.8 Å². The Bertz CT molecular complexity index is 387. The maximum atomic E-state index is 9.17. The van der Waals surface area contributed by atoms with E-state index >= 15 is 0 Å². The Balaban J connectivity index is 2.84. The van der Waals surface area contributed by atoms with Crippen molar-refractivity contribution in [1.29, 1.82) is 0 Å². The fraction of sp³-hybridized carbons (Fsp3) is 0.333. The van der Waals surface area contributed by atoms with Gasteiger partial charge < -0.3 is 5.11 Å². The summed E-state index contributed by atoms with van der Waals surface area (Å²) in [6.45, 7) is 6.61. The molecule has 0 bridgehead atoms. The monoisotopic (exact) mass is 236 g/mol. The zero-order chi connectivity index (χ0) is 11.3. The van der Waals surface area contributed by atoms with Crippen molar-refractivity contribution < 1.29 is 5.11 Å². The molecule has 0 fully saturated rings. The van der Waals surface area contributed by atoms with Crippen molar-refractivity contribution in [3.63, 3.8) is 0 Å². The van der Waals surface area contributed by atoms with Gasteiger partial charge in [0, 0.05) is 10.5 Å².